The highest BCUT2D eigenvalue weighted by Crippen LogP contribution is 2.41. The number of aryl methyl sites for hydroxylation is 1. The van der Waals surface area contributed by atoms with Crippen molar-refractivity contribution in [3.8, 4) is 0 Å². The van der Waals surface area contributed by atoms with Crippen LogP contribution >= 0.6 is 22.9 Å². The standard InChI is InChI=1S/C30H30ClN3O3S2/c1-21-25-18-23(31)12-13-28(25)38-30(21)39(36,37)34-19-26(22-8-4-2-5-9-22)27(20-34)29(35)33-16-14-32(15-17-33)24-10-6-3-7-11-24/h2-13,18,26-27H,14-17,19-20H2,1H3/t26-,27+/m0/s1. The summed E-state index contributed by atoms with van der Waals surface area (Å²) in [6.07, 6.45) is 0. The van der Waals surface area contributed by atoms with E-state index in [0.717, 1.165) is 34.4 Å². The number of thiophene rings is 1. The summed E-state index contributed by atoms with van der Waals surface area (Å²) in [7, 11) is -3.80. The van der Waals surface area contributed by atoms with Crippen LogP contribution in [0.3, 0.4) is 0 Å². The normalized spacial score (nSPS) is 20.6. The second-order valence-corrected chi connectivity index (χ2v) is 13.9. The molecule has 2 aliphatic heterocycles. The molecule has 0 N–H and O–H groups in total. The van der Waals surface area contributed by atoms with Gasteiger partial charge in [0.25, 0.3) is 10.0 Å². The van der Waals surface area contributed by atoms with Gasteiger partial charge in [-0.3, -0.25) is 4.79 Å². The molecule has 0 radical (unpaired) electrons. The topological polar surface area (TPSA) is 60.9 Å². The second kappa shape index (κ2) is 10.6. The Morgan fingerprint density at radius 1 is 0.897 bits per heavy atom. The van der Waals surface area contributed by atoms with Crippen LogP contribution < -0.4 is 4.90 Å². The molecule has 0 bridgehead atoms. The third-order valence-electron chi connectivity index (χ3n) is 7.97. The number of sulfonamides is 1. The van der Waals surface area contributed by atoms with Crippen molar-refractivity contribution in [1.29, 1.82) is 0 Å². The van der Waals surface area contributed by atoms with Gasteiger partial charge >= 0.3 is 0 Å². The van der Waals surface area contributed by atoms with Crippen molar-refractivity contribution < 1.29 is 13.2 Å². The fourth-order valence-electron chi connectivity index (χ4n) is 5.84. The quantitative estimate of drug-likeness (QED) is 0.308. The van der Waals surface area contributed by atoms with Crippen molar-refractivity contribution >= 4 is 54.6 Å². The third kappa shape index (κ3) is 4.95. The highest BCUT2D eigenvalue weighted by molar-refractivity contribution is 7.91. The van der Waals surface area contributed by atoms with E-state index in [1.54, 1.807) is 6.07 Å². The number of amides is 1. The lowest BCUT2D eigenvalue weighted by molar-refractivity contribution is -0.135. The molecule has 4 aromatic rings. The summed E-state index contributed by atoms with van der Waals surface area (Å²) in [5, 5.41) is 1.43. The first-order valence-electron chi connectivity index (χ1n) is 13.2. The Hall–Kier alpha value is -2.91. The first-order valence-corrected chi connectivity index (χ1v) is 15.8. The Kier molecular flexibility index (Phi) is 7.14. The molecular weight excluding hydrogens is 550 g/mol. The smallest absolute Gasteiger partial charge is 0.252 e. The number of rotatable bonds is 5. The van der Waals surface area contributed by atoms with E-state index >= 15 is 0 Å². The Bertz CT molecular complexity index is 1600. The van der Waals surface area contributed by atoms with Gasteiger partial charge in [0.1, 0.15) is 4.21 Å². The molecule has 0 aliphatic carbocycles. The predicted molar refractivity (Wildman–Crippen MR) is 158 cm³/mol. The van der Waals surface area contributed by atoms with Gasteiger partial charge in [0.15, 0.2) is 0 Å². The fraction of sp³-hybridized carbons (Fsp3) is 0.300. The van der Waals surface area contributed by atoms with Gasteiger partial charge in [0.2, 0.25) is 5.91 Å². The first-order chi connectivity index (χ1) is 18.8. The molecule has 2 atom stereocenters. The SMILES string of the molecule is Cc1c(S(=O)(=O)N2C[C@@H](C(=O)N3CCN(c4ccccc4)CC3)[C@H](c3ccccc3)C2)sc2ccc(Cl)cc12. The van der Waals surface area contributed by atoms with Gasteiger partial charge in [-0.1, -0.05) is 60.1 Å². The van der Waals surface area contributed by atoms with Crippen molar-refractivity contribution in [3.05, 3.63) is 95.0 Å². The van der Waals surface area contributed by atoms with Crippen LogP contribution in [-0.2, 0) is 14.8 Å². The van der Waals surface area contributed by atoms with Crippen LogP contribution in [0.4, 0.5) is 5.69 Å². The average molecular weight is 580 g/mol. The number of hydrogen-bond donors (Lipinski definition) is 0. The minimum Gasteiger partial charge on any atom is -0.368 e. The first kappa shape index (κ1) is 26.3. The van der Waals surface area contributed by atoms with Crippen LogP contribution in [0, 0.1) is 12.8 Å². The van der Waals surface area contributed by atoms with E-state index in [1.807, 2.05) is 72.5 Å². The Morgan fingerprint density at radius 3 is 2.26 bits per heavy atom. The summed E-state index contributed by atoms with van der Waals surface area (Å²) in [6, 6.07) is 25.5. The third-order valence-corrected chi connectivity index (χ3v) is 11.9. The van der Waals surface area contributed by atoms with E-state index in [-0.39, 0.29) is 24.9 Å². The van der Waals surface area contributed by atoms with Gasteiger partial charge in [-0.2, -0.15) is 4.31 Å². The van der Waals surface area contributed by atoms with Crippen LogP contribution in [-0.4, -0.2) is 62.8 Å². The van der Waals surface area contributed by atoms with Crippen LogP contribution in [0.5, 0.6) is 0 Å². The van der Waals surface area contributed by atoms with E-state index < -0.39 is 15.9 Å². The minimum atomic E-state index is -3.80. The van der Waals surface area contributed by atoms with Crippen molar-refractivity contribution in [1.82, 2.24) is 9.21 Å². The van der Waals surface area contributed by atoms with Crippen LogP contribution in [0.15, 0.2) is 83.1 Å². The molecule has 2 fully saturated rings. The van der Waals surface area contributed by atoms with E-state index in [1.165, 1.54) is 15.6 Å². The number of benzene rings is 3. The maximum Gasteiger partial charge on any atom is 0.252 e. The number of carbonyl (C=O) groups excluding carboxylic acids is 1. The summed E-state index contributed by atoms with van der Waals surface area (Å²) in [6.45, 7) is 5.04. The molecule has 3 heterocycles. The lowest BCUT2D eigenvalue weighted by atomic mass is 9.88. The highest BCUT2D eigenvalue weighted by Gasteiger charge is 2.45. The van der Waals surface area contributed by atoms with Crippen LogP contribution in [0.25, 0.3) is 10.1 Å². The molecule has 202 valence electrons. The highest BCUT2D eigenvalue weighted by atomic mass is 35.5. The fourth-order valence-corrected chi connectivity index (χ4v) is 9.39. The van der Waals surface area contributed by atoms with Gasteiger partial charge in [0.05, 0.1) is 5.92 Å². The molecule has 0 unspecified atom stereocenters. The maximum absolute atomic E-state index is 14.0. The van der Waals surface area contributed by atoms with Gasteiger partial charge < -0.3 is 9.80 Å². The van der Waals surface area contributed by atoms with Crippen molar-refractivity contribution in [3.63, 3.8) is 0 Å². The van der Waals surface area contributed by atoms with E-state index in [2.05, 4.69) is 17.0 Å². The Labute approximate surface area is 238 Å². The van der Waals surface area contributed by atoms with Gasteiger partial charge in [-0.15, -0.1) is 11.3 Å². The van der Waals surface area contributed by atoms with Crippen molar-refractivity contribution in [2.75, 3.05) is 44.2 Å². The predicted octanol–water partition coefficient (Wildman–Crippen LogP) is 5.62. The summed E-state index contributed by atoms with van der Waals surface area (Å²) >= 11 is 7.47. The van der Waals surface area contributed by atoms with E-state index in [0.29, 0.717) is 27.9 Å². The summed E-state index contributed by atoms with van der Waals surface area (Å²) in [4.78, 5) is 18.2. The van der Waals surface area contributed by atoms with E-state index in [4.69, 9.17) is 11.6 Å². The second-order valence-electron chi connectivity index (χ2n) is 10.2. The number of nitrogens with zero attached hydrogens (tertiary/aromatic N) is 3. The van der Waals surface area contributed by atoms with Crippen LogP contribution in [0.1, 0.15) is 17.0 Å². The van der Waals surface area contributed by atoms with Crippen molar-refractivity contribution in [2.45, 2.75) is 17.1 Å². The van der Waals surface area contributed by atoms with Crippen LogP contribution in [0.2, 0.25) is 5.02 Å². The lowest BCUT2D eigenvalue weighted by Crippen LogP contribution is -2.51. The van der Waals surface area contributed by atoms with Gasteiger partial charge in [-0.05, 0) is 53.8 Å². The largest absolute Gasteiger partial charge is 0.368 e. The molecule has 0 saturated carbocycles. The summed E-state index contributed by atoms with van der Waals surface area (Å²) in [5.41, 5.74) is 2.86. The molecule has 2 saturated heterocycles. The summed E-state index contributed by atoms with van der Waals surface area (Å²) in [5.74, 6) is -0.603. The average Bonchev–Trinajstić information content (AvgIpc) is 3.57. The minimum absolute atomic E-state index is 0.0362. The number of fused-ring (bicyclic) bond motifs is 1. The molecule has 2 aliphatic rings. The molecule has 39 heavy (non-hydrogen) atoms. The molecule has 9 heteroatoms. The molecule has 1 amide bonds. The van der Waals surface area contributed by atoms with Gasteiger partial charge in [0, 0.05) is 60.6 Å². The van der Waals surface area contributed by atoms with E-state index in [9.17, 15) is 13.2 Å². The molecule has 6 rings (SSSR count). The molecule has 1 aromatic heterocycles. The zero-order valence-electron chi connectivity index (χ0n) is 21.7. The molecular formula is C30H30ClN3O3S2. The maximum atomic E-state index is 14.0. The molecule has 3 aromatic carbocycles. The van der Waals surface area contributed by atoms with Crippen molar-refractivity contribution in [2.24, 2.45) is 5.92 Å². The Morgan fingerprint density at radius 2 is 1.56 bits per heavy atom. The summed E-state index contributed by atoms with van der Waals surface area (Å²) < 4.78 is 30.7. The number of anilines is 1. The Balaban J connectivity index is 1.27. The monoisotopic (exact) mass is 579 g/mol. The number of piperazine rings is 1. The van der Waals surface area contributed by atoms with Gasteiger partial charge in [-0.25, -0.2) is 8.42 Å². The number of hydrogen-bond acceptors (Lipinski definition) is 5. The number of carbonyl (C=O) groups is 1. The number of para-hydroxylation sites is 1. The molecule has 6 nitrogen and oxygen atoms in total. The number of halogens is 1. The molecule has 0 spiro atoms. The zero-order valence-corrected chi connectivity index (χ0v) is 24.1. The lowest BCUT2D eigenvalue weighted by Gasteiger charge is -2.37. The zero-order chi connectivity index (χ0) is 27.1.